The van der Waals surface area contributed by atoms with Crippen molar-refractivity contribution in [1.82, 2.24) is 0 Å². The van der Waals surface area contributed by atoms with Gasteiger partial charge < -0.3 is 10.1 Å². The first-order chi connectivity index (χ1) is 9.15. The third kappa shape index (κ3) is 4.24. The standard InChI is InChI=1S/C15H14INO2/c1-11(18)17-14-4-2-3-5-15(14)19-10-12-6-8-13(16)9-7-12/h2-9H,10H2,1H3,(H,17,18). The van der Waals surface area contributed by atoms with E-state index < -0.39 is 0 Å². The molecule has 0 fully saturated rings. The Labute approximate surface area is 126 Å². The van der Waals surface area contributed by atoms with Crippen molar-refractivity contribution in [3.63, 3.8) is 0 Å². The maximum absolute atomic E-state index is 11.1. The van der Waals surface area contributed by atoms with Crippen LogP contribution in [0.3, 0.4) is 0 Å². The highest BCUT2D eigenvalue weighted by Crippen LogP contribution is 2.24. The molecule has 0 unspecified atom stereocenters. The largest absolute Gasteiger partial charge is 0.487 e. The zero-order valence-electron chi connectivity index (χ0n) is 10.5. The molecule has 98 valence electrons. The minimum atomic E-state index is -0.106. The quantitative estimate of drug-likeness (QED) is 0.835. The lowest BCUT2D eigenvalue weighted by molar-refractivity contribution is -0.114. The molecule has 19 heavy (non-hydrogen) atoms. The monoisotopic (exact) mass is 367 g/mol. The maximum atomic E-state index is 11.1. The summed E-state index contributed by atoms with van der Waals surface area (Å²) in [5, 5.41) is 2.75. The van der Waals surface area contributed by atoms with Gasteiger partial charge >= 0.3 is 0 Å². The average molecular weight is 367 g/mol. The Morgan fingerprint density at radius 1 is 1.16 bits per heavy atom. The lowest BCUT2D eigenvalue weighted by Gasteiger charge is -2.11. The predicted octanol–water partition coefficient (Wildman–Crippen LogP) is 3.83. The Hall–Kier alpha value is -1.56. The minimum absolute atomic E-state index is 0.106. The molecule has 0 aromatic heterocycles. The van der Waals surface area contributed by atoms with Crippen LogP contribution in [0, 0.1) is 3.57 Å². The molecule has 0 aliphatic rings. The Kier molecular flexibility index (Phi) is 4.79. The van der Waals surface area contributed by atoms with Gasteiger partial charge in [-0.1, -0.05) is 24.3 Å². The SMILES string of the molecule is CC(=O)Nc1ccccc1OCc1ccc(I)cc1. The zero-order valence-corrected chi connectivity index (χ0v) is 12.7. The highest BCUT2D eigenvalue weighted by atomic mass is 127. The van der Waals surface area contributed by atoms with E-state index in [1.165, 1.54) is 10.5 Å². The summed E-state index contributed by atoms with van der Waals surface area (Å²) in [6, 6.07) is 15.6. The number of carbonyl (C=O) groups excluding carboxylic acids is 1. The third-order valence-corrected chi connectivity index (χ3v) is 3.22. The summed E-state index contributed by atoms with van der Waals surface area (Å²) in [6.45, 7) is 1.96. The lowest BCUT2D eigenvalue weighted by atomic mass is 10.2. The third-order valence-electron chi connectivity index (χ3n) is 2.51. The Morgan fingerprint density at radius 3 is 2.53 bits per heavy atom. The van der Waals surface area contributed by atoms with Crippen molar-refractivity contribution in [3.8, 4) is 5.75 Å². The van der Waals surface area contributed by atoms with Crippen molar-refractivity contribution in [2.45, 2.75) is 13.5 Å². The Bertz CT molecular complexity index is 567. The summed E-state index contributed by atoms with van der Waals surface area (Å²) in [6.07, 6.45) is 0. The van der Waals surface area contributed by atoms with Gasteiger partial charge in [-0.2, -0.15) is 0 Å². The Balaban J connectivity index is 2.06. The second kappa shape index (κ2) is 6.56. The molecule has 2 rings (SSSR count). The van der Waals surface area contributed by atoms with Gasteiger partial charge in [0.2, 0.25) is 5.91 Å². The van der Waals surface area contributed by atoms with E-state index >= 15 is 0 Å². The van der Waals surface area contributed by atoms with Crippen molar-refractivity contribution in [2.24, 2.45) is 0 Å². The highest BCUT2D eigenvalue weighted by Gasteiger charge is 2.04. The summed E-state index contributed by atoms with van der Waals surface area (Å²) in [5.41, 5.74) is 1.79. The van der Waals surface area contributed by atoms with E-state index in [9.17, 15) is 4.79 Å². The summed E-state index contributed by atoms with van der Waals surface area (Å²) in [4.78, 5) is 11.1. The van der Waals surface area contributed by atoms with Crippen LogP contribution in [-0.2, 0) is 11.4 Å². The molecule has 3 nitrogen and oxygen atoms in total. The molecule has 0 radical (unpaired) electrons. The molecule has 0 saturated heterocycles. The molecule has 0 spiro atoms. The van der Waals surface area contributed by atoms with E-state index in [0.717, 1.165) is 5.56 Å². The van der Waals surface area contributed by atoms with Crippen LogP contribution in [-0.4, -0.2) is 5.91 Å². The fraction of sp³-hybridized carbons (Fsp3) is 0.133. The number of carbonyl (C=O) groups is 1. The van der Waals surface area contributed by atoms with E-state index in [1.54, 1.807) is 0 Å². The second-order valence-electron chi connectivity index (χ2n) is 4.09. The van der Waals surface area contributed by atoms with Gasteiger partial charge in [0, 0.05) is 10.5 Å². The van der Waals surface area contributed by atoms with Crippen LogP contribution in [0.2, 0.25) is 0 Å². The molecular formula is C15H14INO2. The van der Waals surface area contributed by atoms with Crippen molar-refractivity contribution in [3.05, 3.63) is 57.7 Å². The maximum Gasteiger partial charge on any atom is 0.221 e. The van der Waals surface area contributed by atoms with Crippen molar-refractivity contribution in [1.29, 1.82) is 0 Å². The molecule has 0 atom stereocenters. The smallest absolute Gasteiger partial charge is 0.221 e. The number of benzene rings is 2. The fourth-order valence-electron chi connectivity index (χ4n) is 1.63. The van der Waals surface area contributed by atoms with Crippen LogP contribution < -0.4 is 10.1 Å². The number of ether oxygens (including phenoxy) is 1. The molecule has 0 aliphatic heterocycles. The van der Waals surface area contributed by atoms with E-state index in [1.807, 2.05) is 48.5 Å². The van der Waals surface area contributed by atoms with Gasteiger partial charge in [0.05, 0.1) is 5.69 Å². The Morgan fingerprint density at radius 2 is 1.84 bits per heavy atom. The van der Waals surface area contributed by atoms with E-state index in [4.69, 9.17) is 4.74 Å². The first-order valence-corrected chi connectivity index (χ1v) is 6.97. The van der Waals surface area contributed by atoms with Gasteiger partial charge in [-0.3, -0.25) is 4.79 Å². The molecular weight excluding hydrogens is 353 g/mol. The van der Waals surface area contributed by atoms with Crippen molar-refractivity contribution in [2.75, 3.05) is 5.32 Å². The van der Waals surface area contributed by atoms with Crippen molar-refractivity contribution >= 4 is 34.2 Å². The van der Waals surface area contributed by atoms with Gasteiger partial charge in [0.15, 0.2) is 0 Å². The summed E-state index contributed by atoms with van der Waals surface area (Å²) in [5.74, 6) is 0.571. The van der Waals surface area contributed by atoms with Crippen LogP contribution >= 0.6 is 22.6 Å². The molecule has 0 saturated carbocycles. The van der Waals surface area contributed by atoms with Gasteiger partial charge in [-0.15, -0.1) is 0 Å². The highest BCUT2D eigenvalue weighted by molar-refractivity contribution is 14.1. The molecule has 2 aromatic carbocycles. The minimum Gasteiger partial charge on any atom is -0.487 e. The number of para-hydroxylation sites is 2. The number of anilines is 1. The number of amides is 1. The van der Waals surface area contributed by atoms with Crippen LogP contribution in [0.15, 0.2) is 48.5 Å². The number of hydrogen-bond acceptors (Lipinski definition) is 2. The van der Waals surface area contributed by atoms with E-state index in [2.05, 4.69) is 27.9 Å². The van der Waals surface area contributed by atoms with Crippen LogP contribution in [0.1, 0.15) is 12.5 Å². The van der Waals surface area contributed by atoms with E-state index in [0.29, 0.717) is 18.0 Å². The molecule has 0 heterocycles. The molecule has 1 amide bonds. The fourth-order valence-corrected chi connectivity index (χ4v) is 1.99. The molecule has 4 heteroatoms. The second-order valence-corrected chi connectivity index (χ2v) is 5.34. The normalized spacial score (nSPS) is 10.0. The summed E-state index contributed by atoms with van der Waals surface area (Å²) < 4.78 is 6.94. The number of halogens is 1. The molecule has 0 bridgehead atoms. The van der Waals surface area contributed by atoms with Crippen LogP contribution in [0.25, 0.3) is 0 Å². The molecule has 2 aromatic rings. The van der Waals surface area contributed by atoms with Gasteiger partial charge in [-0.25, -0.2) is 0 Å². The molecule has 1 N–H and O–H groups in total. The van der Waals surface area contributed by atoms with Gasteiger partial charge in [0.25, 0.3) is 0 Å². The van der Waals surface area contributed by atoms with Crippen LogP contribution in [0.4, 0.5) is 5.69 Å². The van der Waals surface area contributed by atoms with E-state index in [-0.39, 0.29) is 5.91 Å². The van der Waals surface area contributed by atoms with Crippen LogP contribution in [0.5, 0.6) is 5.75 Å². The number of nitrogens with one attached hydrogen (secondary N) is 1. The average Bonchev–Trinajstić information content (AvgIpc) is 2.39. The topological polar surface area (TPSA) is 38.3 Å². The summed E-state index contributed by atoms with van der Waals surface area (Å²) >= 11 is 2.27. The molecule has 0 aliphatic carbocycles. The van der Waals surface area contributed by atoms with Gasteiger partial charge in [0.1, 0.15) is 12.4 Å². The van der Waals surface area contributed by atoms with Gasteiger partial charge in [-0.05, 0) is 52.4 Å². The number of hydrogen-bond donors (Lipinski definition) is 1. The first-order valence-electron chi connectivity index (χ1n) is 5.89. The first kappa shape index (κ1) is 13.9. The predicted molar refractivity (Wildman–Crippen MR) is 84.2 cm³/mol. The van der Waals surface area contributed by atoms with Crippen molar-refractivity contribution < 1.29 is 9.53 Å². The number of rotatable bonds is 4. The zero-order chi connectivity index (χ0) is 13.7. The summed E-state index contributed by atoms with van der Waals surface area (Å²) in [7, 11) is 0. The lowest BCUT2D eigenvalue weighted by Crippen LogP contribution is -2.07.